The quantitative estimate of drug-likeness (QED) is 0.494. The molecule has 0 spiro atoms. The van der Waals surface area contributed by atoms with Crippen LogP contribution in [0.4, 0.5) is 0 Å². The Balaban J connectivity index is 4.19. The molecule has 0 aliphatic carbocycles. The Hall–Kier alpha value is -0.200. The molecule has 0 fully saturated rings. The molecule has 0 aromatic rings. The van der Waals surface area contributed by atoms with Crippen molar-refractivity contribution in [2.45, 2.75) is 31.9 Å². The van der Waals surface area contributed by atoms with E-state index in [4.69, 9.17) is 14.9 Å². The molecule has 17 heavy (non-hydrogen) atoms. The first-order chi connectivity index (χ1) is 8.01. The largest absolute Gasteiger partial charge is 0.395 e. The molecule has 0 heterocycles. The zero-order valence-electron chi connectivity index (χ0n) is 11.6. The number of ether oxygens (including phenoxy) is 1. The lowest BCUT2D eigenvalue weighted by Crippen LogP contribution is -2.48. The van der Waals surface area contributed by atoms with Crippen molar-refractivity contribution in [2.75, 3.05) is 47.0 Å². The Kier molecular flexibility index (Phi) is 8.72. The summed E-state index contributed by atoms with van der Waals surface area (Å²) >= 11 is 0. The van der Waals surface area contributed by atoms with E-state index in [-0.39, 0.29) is 24.9 Å². The predicted molar refractivity (Wildman–Crippen MR) is 69.2 cm³/mol. The van der Waals surface area contributed by atoms with Crippen molar-refractivity contribution in [2.24, 2.45) is 0 Å². The summed E-state index contributed by atoms with van der Waals surface area (Å²) in [7, 11) is 3.64. The number of likely N-dealkylation sites (N-methyl/N-ethyl adjacent to an activating group) is 1. The van der Waals surface area contributed by atoms with Gasteiger partial charge in [-0.2, -0.15) is 0 Å². The minimum absolute atomic E-state index is 0.123. The highest BCUT2D eigenvalue weighted by molar-refractivity contribution is 4.85. The molecule has 5 heteroatoms. The van der Waals surface area contributed by atoms with Gasteiger partial charge >= 0.3 is 0 Å². The second-order valence-electron chi connectivity index (χ2n) is 4.73. The molecule has 0 aromatic heterocycles. The smallest absolute Gasteiger partial charge is 0.0775 e. The van der Waals surface area contributed by atoms with Crippen LogP contribution in [0.5, 0.6) is 0 Å². The molecular formula is C12H28N2O3. The van der Waals surface area contributed by atoms with Gasteiger partial charge in [-0.3, -0.25) is 4.90 Å². The van der Waals surface area contributed by atoms with Crippen LogP contribution >= 0.6 is 0 Å². The van der Waals surface area contributed by atoms with Crippen LogP contribution < -0.4 is 5.32 Å². The minimum Gasteiger partial charge on any atom is -0.395 e. The van der Waals surface area contributed by atoms with Crippen molar-refractivity contribution >= 4 is 0 Å². The Morgan fingerprint density at radius 1 is 1.18 bits per heavy atom. The van der Waals surface area contributed by atoms with E-state index in [2.05, 4.69) is 24.1 Å². The summed E-state index contributed by atoms with van der Waals surface area (Å²) in [5.74, 6) is 0. The van der Waals surface area contributed by atoms with Gasteiger partial charge in [0.2, 0.25) is 0 Å². The van der Waals surface area contributed by atoms with Crippen LogP contribution in [0.25, 0.3) is 0 Å². The molecule has 104 valence electrons. The molecule has 1 atom stereocenters. The lowest BCUT2D eigenvalue weighted by molar-refractivity contribution is -0.0133. The molecule has 3 N–H and O–H groups in total. The first-order valence-corrected chi connectivity index (χ1v) is 6.18. The number of aliphatic hydroxyl groups is 2. The number of hydrogen-bond donors (Lipinski definition) is 3. The van der Waals surface area contributed by atoms with E-state index in [1.165, 1.54) is 0 Å². The fraction of sp³-hybridized carbons (Fsp3) is 1.00. The van der Waals surface area contributed by atoms with E-state index in [0.717, 1.165) is 13.0 Å². The van der Waals surface area contributed by atoms with Crippen LogP contribution in [0.15, 0.2) is 0 Å². The molecule has 5 nitrogen and oxygen atoms in total. The van der Waals surface area contributed by atoms with Gasteiger partial charge in [0.1, 0.15) is 0 Å². The SMILES string of the molecule is CNC(CCN(CCO)CCO)C(C)(C)OC. The molecule has 0 bridgehead atoms. The van der Waals surface area contributed by atoms with Crippen molar-refractivity contribution in [1.82, 2.24) is 10.2 Å². The van der Waals surface area contributed by atoms with Gasteiger partial charge in [0.25, 0.3) is 0 Å². The van der Waals surface area contributed by atoms with Crippen LogP contribution in [0, 0.1) is 0 Å². The van der Waals surface area contributed by atoms with Gasteiger partial charge in [0, 0.05) is 26.2 Å². The second-order valence-corrected chi connectivity index (χ2v) is 4.73. The van der Waals surface area contributed by atoms with Gasteiger partial charge in [-0.25, -0.2) is 0 Å². The Labute approximate surface area is 105 Å². The van der Waals surface area contributed by atoms with Crippen molar-refractivity contribution in [1.29, 1.82) is 0 Å². The van der Waals surface area contributed by atoms with Crippen molar-refractivity contribution in [3.63, 3.8) is 0 Å². The van der Waals surface area contributed by atoms with Gasteiger partial charge < -0.3 is 20.3 Å². The summed E-state index contributed by atoms with van der Waals surface area (Å²) in [5.41, 5.74) is -0.223. The summed E-state index contributed by atoms with van der Waals surface area (Å²) in [6.45, 7) is 6.39. The first kappa shape index (κ1) is 16.8. The highest BCUT2D eigenvalue weighted by atomic mass is 16.5. The molecule has 0 aliphatic rings. The first-order valence-electron chi connectivity index (χ1n) is 6.18. The monoisotopic (exact) mass is 248 g/mol. The predicted octanol–water partition coefficient (Wildman–Crippen LogP) is -0.324. The summed E-state index contributed by atoms with van der Waals surface area (Å²) in [6, 6.07) is 0.243. The average Bonchev–Trinajstić information content (AvgIpc) is 2.30. The molecule has 0 aromatic carbocycles. The summed E-state index contributed by atoms with van der Waals surface area (Å²) in [4.78, 5) is 2.05. The number of nitrogens with zero attached hydrogens (tertiary/aromatic N) is 1. The number of aliphatic hydroxyl groups excluding tert-OH is 2. The third-order valence-corrected chi connectivity index (χ3v) is 3.28. The number of methoxy groups -OCH3 is 1. The molecule has 0 amide bonds. The van der Waals surface area contributed by atoms with Crippen LogP contribution in [-0.2, 0) is 4.74 Å². The molecular weight excluding hydrogens is 220 g/mol. The minimum atomic E-state index is -0.223. The highest BCUT2D eigenvalue weighted by Crippen LogP contribution is 2.16. The molecule has 1 unspecified atom stereocenters. The highest BCUT2D eigenvalue weighted by Gasteiger charge is 2.27. The Morgan fingerprint density at radius 3 is 2.06 bits per heavy atom. The Morgan fingerprint density at radius 2 is 1.71 bits per heavy atom. The number of nitrogens with one attached hydrogen (secondary N) is 1. The van der Waals surface area contributed by atoms with E-state index in [9.17, 15) is 0 Å². The normalized spacial score (nSPS) is 14.3. The molecule has 0 aliphatic heterocycles. The summed E-state index contributed by atoms with van der Waals surface area (Å²) in [5, 5.41) is 21.1. The van der Waals surface area contributed by atoms with Crippen LogP contribution in [0.2, 0.25) is 0 Å². The lowest BCUT2D eigenvalue weighted by Gasteiger charge is -2.34. The van der Waals surface area contributed by atoms with E-state index in [1.54, 1.807) is 7.11 Å². The summed E-state index contributed by atoms with van der Waals surface area (Å²) < 4.78 is 5.46. The van der Waals surface area contributed by atoms with Crippen molar-refractivity contribution in [3.8, 4) is 0 Å². The van der Waals surface area contributed by atoms with Gasteiger partial charge in [-0.15, -0.1) is 0 Å². The number of hydrogen-bond acceptors (Lipinski definition) is 5. The molecule has 0 rings (SSSR count). The topological polar surface area (TPSA) is 65.0 Å². The Bertz CT molecular complexity index is 183. The third kappa shape index (κ3) is 6.33. The standard InChI is InChI=1S/C12H28N2O3/c1-12(2,17-4)11(13-3)5-6-14(7-9-15)8-10-16/h11,13,15-16H,5-10H2,1-4H3. The lowest BCUT2D eigenvalue weighted by atomic mass is 9.95. The zero-order chi connectivity index (χ0) is 13.3. The van der Waals surface area contributed by atoms with Gasteiger partial charge in [-0.1, -0.05) is 0 Å². The maximum Gasteiger partial charge on any atom is 0.0775 e. The average molecular weight is 248 g/mol. The molecule has 0 saturated heterocycles. The zero-order valence-corrected chi connectivity index (χ0v) is 11.6. The number of rotatable bonds is 10. The fourth-order valence-corrected chi connectivity index (χ4v) is 1.91. The summed E-state index contributed by atoms with van der Waals surface area (Å²) in [6.07, 6.45) is 0.914. The van der Waals surface area contributed by atoms with Crippen LogP contribution in [-0.4, -0.2) is 73.8 Å². The van der Waals surface area contributed by atoms with Crippen molar-refractivity contribution < 1.29 is 14.9 Å². The van der Waals surface area contributed by atoms with E-state index in [0.29, 0.717) is 13.1 Å². The molecule has 0 saturated carbocycles. The second kappa shape index (κ2) is 8.83. The van der Waals surface area contributed by atoms with Gasteiger partial charge in [0.15, 0.2) is 0 Å². The van der Waals surface area contributed by atoms with Crippen molar-refractivity contribution in [3.05, 3.63) is 0 Å². The van der Waals surface area contributed by atoms with Crippen LogP contribution in [0.3, 0.4) is 0 Å². The molecule has 0 radical (unpaired) electrons. The van der Waals surface area contributed by atoms with E-state index < -0.39 is 0 Å². The van der Waals surface area contributed by atoms with E-state index >= 15 is 0 Å². The third-order valence-electron chi connectivity index (χ3n) is 3.28. The maximum absolute atomic E-state index is 8.93. The van der Waals surface area contributed by atoms with Crippen LogP contribution in [0.1, 0.15) is 20.3 Å². The van der Waals surface area contributed by atoms with Gasteiger partial charge in [-0.05, 0) is 33.9 Å². The maximum atomic E-state index is 8.93. The van der Waals surface area contributed by atoms with E-state index in [1.807, 2.05) is 7.05 Å². The fourth-order valence-electron chi connectivity index (χ4n) is 1.91. The van der Waals surface area contributed by atoms with Gasteiger partial charge in [0.05, 0.1) is 18.8 Å².